The molecule has 1 aromatic rings. The normalized spacial score (nSPS) is 13.9. The van der Waals surface area contributed by atoms with E-state index in [9.17, 15) is 9.59 Å². The van der Waals surface area contributed by atoms with Gasteiger partial charge in [0, 0.05) is 11.4 Å². The standard InChI is InChI=1S/C21H19Cl2N3O4/c1-12-16(20(27)29-10-4-8-24)18(14-6-3-7-15(22)19(14)23)17(13(2)26-12)21(28)30-11-5-9-25/h3,6-7,18,26H,4-5,10-11H2,1-2H3. The van der Waals surface area contributed by atoms with Crippen molar-refractivity contribution in [3.8, 4) is 12.1 Å². The average Bonchev–Trinajstić information content (AvgIpc) is 2.69. The second-order valence-corrected chi connectivity index (χ2v) is 7.15. The summed E-state index contributed by atoms with van der Waals surface area (Å²) in [5.41, 5.74) is 1.71. The van der Waals surface area contributed by atoms with Crippen molar-refractivity contribution in [2.24, 2.45) is 0 Å². The van der Waals surface area contributed by atoms with Gasteiger partial charge in [0.25, 0.3) is 0 Å². The van der Waals surface area contributed by atoms with E-state index in [-0.39, 0.29) is 47.2 Å². The summed E-state index contributed by atoms with van der Waals surface area (Å²) in [6, 6.07) is 8.72. The number of allylic oxidation sites excluding steroid dienone is 2. The van der Waals surface area contributed by atoms with Gasteiger partial charge in [-0.15, -0.1) is 0 Å². The number of carbonyl (C=O) groups excluding carboxylic acids is 2. The lowest BCUT2D eigenvalue weighted by Gasteiger charge is -2.31. The fourth-order valence-corrected chi connectivity index (χ4v) is 3.54. The molecule has 0 atom stereocenters. The second-order valence-electron chi connectivity index (χ2n) is 6.37. The van der Waals surface area contributed by atoms with Crippen molar-refractivity contribution in [1.82, 2.24) is 5.32 Å². The monoisotopic (exact) mass is 447 g/mol. The summed E-state index contributed by atoms with van der Waals surface area (Å²) in [5.74, 6) is -2.28. The Balaban J connectivity index is 2.58. The highest BCUT2D eigenvalue weighted by molar-refractivity contribution is 6.42. The van der Waals surface area contributed by atoms with Crippen LogP contribution in [0.1, 0.15) is 38.2 Å². The summed E-state index contributed by atoms with van der Waals surface area (Å²) in [6.45, 7) is 3.17. The molecule has 0 spiro atoms. The van der Waals surface area contributed by atoms with Gasteiger partial charge in [0.2, 0.25) is 0 Å². The van der Waals surface area contributed by atoms with Gasteiger partial charge < -0.3 is 14.8 Å². The van der Waals surface area contributed by atoms with Crippen LogP contribution in [0.5, 0.6) is 0 Å². The Bertz CT molecular complexity index is 948. The van der Waals surface area contributed by atoms with Gasteiger partial charge in [-0.05, 0) is 25.5 Å². The molecule has 1 aliphatic rings. The van der Waals surface area contributed by atoms with E-state index in [4.69, 9.17) is 43.2 Å². The predicted molar refractivity (Wildman–Crippen MR) is 110 cm³/mol. The molecule has 0 aliphatic carbocycles. The molecule has 0 amide bonds. The van der Waals surface area contributed by atoms with Crippen molar-refractivity contribution in [2.45, 2.75) is 32.6 Å². The minimum atomic E-state index is -0.901. The molecule has 2 rings (SSSR count). The zero-order chi connectivity index (χ0) is 22.3. The van der Waals surface area contributed by atoms with Gasteiger partial charge in [0.1, 0.15) is 13.2 Å². The van der Waals surface area contributed by atoms with Crippen LogP contribution in [-0.4, -0.2) is 25.2 Å². The van der Waals surface area contributed by atoms with Crippen LogP contribution in [0.2, 0.25) is 10.0 Å². The summed E-state index contributed by atoms with van der Waals surface area (Å²) in [4.78, 5) is 25.8. The highest BCUT2D eigenvalue weighted by atomic mass is 35.5. The lowest BCUT2D eigenvalue weighted by atomic mass is 9.80. The lowest BCUT2D eigenvalue weighted by molar-refractivity contribution is -0.139. The van der Waals surface area contributed by atoms with Crippen LogP contribution in [0.15, 0.2) is 40.7 Å². The quantitative estimate of drug-likeness (QED) is 0.493. The Hall–Kier alpha value is -3.00. The molecule has 0 unspecified atom stereocenters. The Kier molecular flexibility index (Phi) is 8.29. The van der Waals surface area contributed by atoms with Crippen LogP contribution >= 0.6 is 23.2 Å². The van der Waals surface area contributed by atoms with Gasteiger partial charge in [-0.25, -0.2) is 9.59 Å². The van der Waals surface area contributed by atoms with Gasteiger partial charge in [0.15, 0.2) is 0 Å². The van der Waals surface area contributed by atoms with E-state index >= 15 is 0 Å². The average molecular weight is 448 g/mol. The number of ether oxygens (including phenoxy) is 2. The number of nitrogens with zero attached hydrogens (tertiary/aromatic N) is 2. The number of hydrogen-bond donors (Lipinski definition) is 1. The molecule has 1 N–H and O–H groups in total. The number of hydrogen-bond acceptors (Lipinski definition) is 7. The summed E-state index contributed by atoms with van der Waals surface area (Å²) < 4.78 is 10.4. The molecule has 0 aromatic heterocycles. The number of rotatable bonds is 7. The number of benzene rings is 1. The topological polar surface area (TPSA) is 112 Å². The lowest BCUT2D eigenvalue weighted by Crippen LogP contribution is -2.33. The van der Waals surface area contributed by atoms with E-state index in [1.54, 1.807) is 32.0 Å². The molecule has 7 nitrogen and oxygen atoms in total. The summed E-state index contributed by atoms with van der Waals surface area (Å²) >= 11 is 12.6. The third-order valence-corrected chi connectivity index (χ3v) is 5.22. The van der Waals surface area contributed by atoms with Crippen molar-refractivity contribution in [3.63, 3.8) is 0 Å². The maximum atomic E-state index is 12.9. The summed E-state index contributed by atoms with van der Waals surface area (Å²) in [7, 11) is 0. The number of halogens is 2. The molecule has 1 aromatic carbocycles. The van der Waals surface area contributed by atoms with Crippen LogP contribution in [0, 0.1) is 22.7 Å². The molecule has 0 saturated heterocycles. The number of nitriles is 2. The van der Waals surface area contributed by atoms with E-state index in [2.05, 4.69) is 5.32 Å². The largest absolute Gasteiger partial charge is 0.461 e. The molecule has 9 heteroatoms. The highest BCUT2D eigenvalue weighted by Crippen LogP contribution is 2.43. The first-order chi connectivity index (χ1) is 14.3. The van der Waals surface area contributed by atoms with E-state index in [0.29, 0.717) is 17.0 Å². The third-order valence-electron chi connectivity index (χ3n) is 4.39. The molecule has 1 heterocycles. The maximum absolute atomic E-state index is 12.9. The Morgan fingerprint density at radius 1 is 1.00 bits per heavy atom. The Labute approximate surface area is 184 Å². The highest BCUT2D eigenvalue weighted by Gasteiger charge is 2.39. The van der Waals surface area contributed by atoms with Crippen LogP contribution in [0.25, 0.3) is 0 Å². The minimum Gasteiger partial charge on any atom is -0.461 e. The van der Waals surface area contributed by atoms with Crippen molar-refractivity contribution >= 4 is 35.1 Å². The number of esters is 2. The van der Waals surface area contributed by atoms with E-state index in [1.165, 1.54) is 0 Å². The van der Waals surface area contributed by atoms with Crippen molar-refractivity contribution in [2.75, 3.05) is 13.2 Å². The molecule has 0 fully saturated rings. The summed E-state index contributed by atoms with van der Waals surface area (Å²) in [5, 5.41) is 20.9. The maximum Gasteiger partial charge on any atom is 0.336 e. The van der Waals surface area contributed by atoms with Gasteiger partial charge in [0.05, 0.1) is 52.1 Å². The molecule has 156 valence electrons. The smallest absolute Gasteiger partial charge is 0.336 e. The second kappa shape index (κ2) is 10.7. The number of carbonyl (C=O) groups is 2. The van der Waals surface area contributed by atoms with Gasteiger partial charge in [-0.3, -0.25) is 0 Å². The van der Waals surface area contributed by atoms with E-state index in [1.807, 2.05) is 12.1 Å². The first-order valence-electron chi connectivity index (χ1n) is 9.04. The van der Waals surface area contributed by atoms with E-state index < -0.39 is 17.9 Å². The predicted octanol–water partition coefficient (Wildman–Crippen LogP) is 4.14. The first-order valence-corrected chi connectivity index (χ1v) is 9.79. The zero-order valence-electron chi connectivity index (χ0n) is 16.4. The number of nitrogens with one attached hydrogen (secondary N) is 1. The van der Waals surface area contributed by atoms with Crippen LogP contribution < -0.4 is 5.32 Å². The van der Waals surface area contributed by atoms with Crippen LogP contribution in [-0.2, 0) is 19.1 Å². The van der Waals surface area contributed by atoms with Gasteiger partial charge in [-0.2, -0.15) is 10.5 Å². The molecular weight excluding hydrogens is 429 g/mol. The SMILES string of the molecule is CC1=C(C(=O)OCCC#N)C(c2cccc(Cl)c2Cl)C(C(=O)OCCC#N)=C(C)N1. The minimum absolute atomic E-state index is 0.0337. The van der Waals surface area contributed by atoms with Crippen molar-refractivity contribution in [3.05, 3.63) is 56.3 Å². The van der Waals surface area contributed by atoms with Crippen molar-refractivity contribution < 1.29 is 19.1 Å². The Morgan fingerprint density at radius 3 is 1.97 bits per heavy atom. The number of dihydropyridines is 1. The molecular formula is C21H19Cl2N3O4. The third kappa shape index (κ3) is 5.13. The van der Waals surface area contributed by atoms with Gasteiger partial charge >= 0.3 is 11.9 Å². The van der Waals surface area contributed by atoms with Crippen molar-refractivity contribution in [1.29, 1.82) is 10.5 Å². The molecule has 1 aliphatic heterocycles. The summed E-state index contributed by atoms with van der Waals surface area (Å²) in [6.07, 6.45) is 0.0675. The van der Waals surface area contributed by atoms with Crippen LogP contribution in [0.3, 0.4) is 0 Å². The Morgan fingerprint density at radius 2 is 1.50 bits per heavy atom. The fraction of sp³-hybridized carbons (Fsp3) is 0.333. The van der Waals surface area contributed by atoms with Crippen LogP contribution in [0.4, 0.5) is 0 Å². The first kappa shape index (κ1) is 23.3. The van der Waals surface area contributed by atoms with Gasteiger partial charge in [-0.1, -0.05) is 35.3 Å². The molecule has 0 radical (unpaired) electrons. The molecule has 0 saturated carbocycles. The molecule has 0 bridgehead atoms. The molecule has 30 heavy (non-hydrogen) atoms. The zero-order valence-corrected chi connectivity index (χ0v) is 17.9. The fourth-order valence-electron chi connectivity index (χ4n) is 3.12. The van der Waals surface area contributed by atoms with E-state index in [0.717, 1.165) is 0 Å².